The van der Waals surface area contributed by atoms with Crippen LogP contribution in [-0.2, 0) is 0 Å². The van der Waals surface area contributed by atoms with Crippen LogP contribution in [0.4, 0.5) is 5.82 Å². The monoisotopic (exact) mass is 299 g/mol. The predicted molar refractivity (Wildman–Crippen MR) is 85.3 cm³/mol. The minimum atomic E-state index is 0.514. The minimum absolute atomic E-state index is 0.514. The molecule has 5 nitrogen and oxygen atoms in total. The van der Waals surface area contributed by atoms with Crippen LogP contribution in [0.3, 0.4) is 0 Å². The number of hydrogen-bond acceptors (Lipinski definition) is 5. The van der Waals surface area contributed by atoms with Crippen molar-refractivity contribution in [2.24, 2.45) is 5.73 Å². The van der Waals surface area contributed by atoms with Crippen molar-refractivity contribution in [3.05, 3.63) is 47.6 Å². The zero-order valence-corrected chi connectivity index (χ0v) is 12.0. The summed E-state index contributed by atoms with van der Waals surface area (Å²) in [6.45, 7) is 1.13. The Morgan fingerprint density at radius 2 is 1.95 bits per heavy atom. The second-order valence-corrected chi connectivity index (χ2v) is 4.87. The molecule has 0 spiro atoms. The van der Waals surface area contributed by atoms with Gasteiger partial charge in [-0.1, -0.05) is 23.7 Å². The van der Waals surface area contributed by atoms with Crippen LogP contribution in [0.2, 0.25) is 5.02 Å². The molecule has 0 bridgehead atoms. The second-order valence-electron chi connectivity index (χ2n) is 4.46. The molecule has 106 valence electrons. The number of nitrogens with zero attached hydrogens (tertiary/aromatic N) is 3. The Bertz CT molecular complexity index is 775. The van der Waals surface area contributed by atoms with E-state index in [9.17, 15) is 0 Å². The van der Waals surface area contributed by atoms with Gasteiger partial charge in [-0.3, -0.25) is 4.98 Å². The highest BCUT2D eigenvalue weighted by molar-refractivity contribution is 6.33. The highest BCUT2D eigenvalue weighted by Crippen LogP contribution is 2.28. The number of hydrogen-bond donors (Lipinski definition) is 2. The van der Waals surface area contributed by atoms with Crippen molar-refractivity contribution in [1.29, 1.82) is 0 Å². The van der Waals surface area contributed by atoms with Crippen LogP contribution in [-0.4, -0.2) is 28.0 Å². The van der Waals surface area contributed by atoms with Gasteiger partial charge in [0, 0.05) is 24.8 Å². The van der Waals surface area contributed by atoms with Gasteiger partial charge in [0.25, 0.3) is 0 Å². The lowest BCUT2D eigenvalue weighted by Crippen LogP contribution is -2.14. The maximum Gasteiger partial charge on any atom is 0.163 e. The first-order valence-corrected chi connectivity index (χ1v) is 6.99. The molecule has 2 heterocycles. The van der Waals surface area contributed by atoms with Gasteiger partial charge in [-0.2, -0.15) is 0 Å². The molecule has 0 amide bonds. The fraction of sp³-hybridized carbons (Fsp3) is 0.133. The molecule has 0 aliphatic heterocycles. The molecule has 2 aromatic heterocycles. The summed E-state index contributed by atoms with van der Waals surface area (Å²) in [5, 5.41) is 3.80. The fourth-order valence-electron chi connectivity index (χ4n) is 2.04. The summed E-state index contributed by atoms with van der Waals surface area (Å²) in [5.41, 5.74) is 7.83. The summed E-state index contributed by atoms with van der Waals surface area (Å²) in [6, 6.07) is 11.2. The molecule has 0 unspecified atom stereocenters. The average Bonchev–Trinajstić information content (AvgIpc) is 2.53. The standard InChI is InChI=1S/C15H14ClN5/c16-11-5-2-1-4-10(11)14-20-12-6-3-8-18-13(12)15(21-14)19-9-7-17/h1-6,8H,7,9,17H2,(H,19,20,21). The molecule has 3 N–H and O–H groups in total. The number of anilines is 1. The number of aromatic nitrogens is 3. The zero-order valence-electron chi connectivity index (χ0n) is 11.3. The second kappa shape index (κ2) is 6.03. The van der Waals surface area contributed by atoms with Crippen molar-refractivity contribution < 1.29 is 0 Å². The zero-order chi connectivity index (χ0) is 14.7. The number of benzene rings is 1. The summed E-state index contributed by atoms with van der Waals surface area (Å²) in [5.74, 6) is 1.24. The highest BCUT2D eigenvalue weighted by atomic mass is 35.5. The summed E-state index contributed by atoms with van der Waals surface area (Å²) >= 11 is 6.23. The number of halogens is 1. The number of fused-ring (bicyclic) bond motifs is 1. The van der Waals surface area contributed by atoms with Crippen LogP contribution in [0.15, 0.2) is 42.6 Å². The van der Waals surface area contributed by atoms with Gasteiger partial charge in [-0.15, -0.1) is 0 Å². The molecule has 0 radical (unpaired) electrons. The molecule has 0 aliphatic carbocycles. The van der Waals surface area contributed by atoms with Gasteiger partial charge in [-0.05, 0) is 24.3 Å². The third kappa shape index (κ3) is 2.79. The van der Waals surface area contributed by atoms with Crippen molar-refractivity contribution >= 4 is 28.5 Å². The van der Waals surface area contributed by atoms with E-state index < -0.39 is 0 Å². The summed E-state index contributed by atoms with van der Waals surface area (Å²) < 4.78 is 0. The largest absolute Gasteiger partial charge is 0.367 e. The first-order chi connectivity index (χ1) is 10.3. The maximum absolute atomic E-state index is 6.23. The van der Waals surface area contributed by atoms with Gasteiger partial charge in [0.15, 0.2) is 11.6 Å². The molecule has 3 aromatic rings. The first kappa shape index (κ1) is 13.7. The fourth-order valence-corrected chi connectivity index (χ4v) is 2.26. The molecule has 3 rings (SSSR count). The Balaban J connectivity index is 2.18. The Hall–Kier alpha value is -2.24. The van der Waals surface area contributed by atoms with E-state index >= 15 is 0 Å². The van der Waals surface area contributed by atoms with E-state index in [0.29, 0.717) is 29.8 Å². The van der Waals surface area contributed by atoms with Crippen molar-refractivity contribution in [2.45, 2.75) is 0 Å². The van der Waals surface area contributed by atoms with E-state index in [4.69, 9.17) is 17.3 Å². The minimum Gasteiger partial charge on any atom is -0.367 e. The maximum atomic E-state index is 6.23. The van der Waals surface area contributed by atoms with Gasteiger partial charge in [-0.25, -0.2) is 9.97 Å². The van der Waals surface area contributed by atoms with Crippen LogP contribution in [0.25, 0.3) is 22.4 Å². The van der Waals surface area contributed by atoms with Crippen LogP contribution in [0.5, 0.6) is 0 Å². The highest BCUT2D eigenvalue weighted by Gasteiger charge is 2.11. The lowest BCUT2D eigenvalue weighted by molar-refractivity contribution is 1.01. The van der Waals surface area contributed by atoms with Crippen molar-refractivity contribution in [3.8, 4) is 11.4 Å². The van der Waals surface area contributed by atoms with E-state index in [2.05, 4.69) is 20.3 Å². The van der Waals surface area contributed by atoms with Gasteiger partial charge in [0.1, 0.15) is 5.52 Å². The molecule has 0 atom stereocenters. The summed E-state index contributed by atoms with van der Waals surface area (Å²) in [6.07, 6.45) is 1.72. The predicted octanol–water partition coefficient (Wildman–Crippen LogP) is 2.72. The van der Waals surface area contributed by atoms with Crippen LogP contribution in [0.1, 0.15) is 0 Å². The van der Waals surface area contributed by atoms with Crippen LogP contribution >= 0.6 is 11.6 Å². The van der Waals surface area contributed by atoms with Crippen LogP contribution in [0, 0.1) is 0 Å². The van der Waals surface area contributed by atoms with Gasteiger partial charge < -0.3 is 11.1 Å². The normalized spacial score (nSPS) is 10.8. The van der Waals surface area contributed by atoms with Crippen molar-refractivity contribution in [1.82, 2.24) is 15.0 Å². The van der Waals surface area contributed by atoms with Crippen molar-refractivity contribution in [2.75, 3.05) is 18.4 Å². The molecule has 0 saturated carbocycles. The summed E-state index contributed by atoms with van der Waals surface area (Å²) in [4.78, 5) is 13.4. The number of rotatable bonds is 4. The molecule has 6 heteroatoms. The van der Waals surface area contributed by atoms with E-state index in [-0.39, 0.29) is 0 Å². The smallest absolute Gasteiger partial charge is 0.163 e. The lowest BCUT2D eigenvalue weighted by Gasteiger charge is -2.10. The Morgan fingerprint density at radius 3 is 2.76 bits per heavy atom. The van der Waals surface area contributed by atoms with E-state index in [1.807, 2.05) is 36.4 Å². The molecule has 0 aliphatic rings. The van der Waals surface area contributed by atoms with E-state index in [1.165, 1.54) is 0 Å². The molecule has 21 heavy (non-hydrogen) atoms. The van der Waals surface area contributed by atoms with Gasteiger partial charge >= 0.3 is 0 Å². The van der Waals surface area contributed by atoms with E-state index in [0.717, 1.165) is 16.6 Å². The van der Waals surface area contributed by atoms with Gasteiger partial charge in [0.2, 0.25) is 0 Å². The Labute approximate surface area is 127 Å². The molecule has 0 saturated heterocycles. The third-order valence-electron chi connectivity index (χ3n) is 3.01. The summed E-state index contributed by atoms with van der Waals surface area (Å²) in [7, 11) is 0. The Kier molecular flexibility index (Phi) is 3.94. The topological polar surface area (TPSA) is 76.7 Å². The SMILES string of the molecule is NCCNc1nc(-c2ccccc2Cl)nc2cccnc12. The Morgan fingerprint density at radius 1 is 1.10 bits per heavy atom. The molecule has 0 fully saturated rings. The number of nitrogens with one attached hydrogen (secondary N) is 1. The molecular weight excluding hydrogens is 286 g/mol. The third-order valence-corrected chi connectivity index (χ3v) is 3.34. The molecular formula is C15H14ClN5. The van der Waals surface area contributed by atoms with Crippen molar-refractivity contribution in [3.63, 3.8) is 0 Å². The van der Waals surface area contributed by atoms with Crippen LogP contribution < -0.4 is 11.1 Å². The quantitative estimate of drug-likeness (QED) is 0.774. The van der Waals surface area contributed by atoms with E-state index in [1.54, 1.807) is 6.20 Å². The molecule has 1 aromatic carbocycles. The van der Waals surface area contributed by atoms with Gasteiger partial charge in [0.05, 0.1) is 10.5 Å². The number of nitrogens with two attached hydrogens (primary N) is 1. The first-order valence-electron chi connectivity index (χ1n) is 6.61. The average molecular weight is 300 g/mol. The lowest BCUT2D eigenvalue weighted by atomic mass is 10.2. The number of pyridine rings is 1.